The van der Waals surface area contributed by atoms with Crippen LogP contribution in [-0.4, -0.2) is 34.7 Å². The van der Waals surface area contributed by atoms with Crippen molar-refractivity contribution in [3.05, 3.63) is 45.9 Å². The van der Waals surface area contributed by atoms with Crippen LogP contribution in [0.4, 0.5) is 0 Å². The molecule has 130 valence electrons. The van der Waals surface area contributed by atoms with E-state index >= 15 is 0 Å². The summed E-state index contributed by atoms with van der Waals surface area (Å²) in [5, 5.41) is 11.6. The van der Waals surface area contributed by atoms with Gasteiger partial charge in [-0.1, -0.05) is 11.6 Å². The highest BCUT2D eigenvalue weighted by Gasteiger charge is 2.17. The fraction of sp³-hybridized carbons (Fsp3) is 0.235. The molecule has 0 spiro atoms. The topological polar surface area (TPSA) is 76.0 Å². The zero-order chi connectivity index (χ0) is 18.0. The molecule has 2 amide bonds. The van der Waals surface area contributed by atoms with Crippen molar-refractivity contribution in [2.45, 2.75) is 13.8 Å². The molecule has 2 aromatic heterocycles. The summed E-state index contributed by atoms with van der Waals surface area (Å²) in [6.07, 6.45) is 0. The van der Waals surface area contributed by atoms with E-state index in [-0.39, 0.29) is 11.8 Å². The fourth-order valence-electron chi connectivity index (χ4n) is 2.42. The molecule has 0 fully saturated rings. The zero-order valence-electron chi connectivity index (χ0n) is 13.8. The third-order valence-electron chi connectivity index (χ3n) is 3.62. The predicted octanol–water partition coefficient (Wildman–Crippen LogP) is 2.91. The molecular weight excluding hydrogens is 360 g/mol. The largest absolute Gasteiger partial charge is 0.355 e. The highest BCUT2D eigenvalue weighted by atomic mass is 35.5. The number of rotatable bonds is 5. The zero-order valence-corrected chi connectivity index (χ0v) is 15.4. The van der Waals surface area contributed by atoms with Crippen LogP contribution in [0.5, 0.6) is 0 Å². The van der Waals surface area contributed by atoms with E-state index in [1.165, 1.54) is 18.3 Å². The van der Waals surface area contributed by atoms with E-state index in [1.807, 2.05) is 41.9 Å². The van der Waals surface area contributed by atoms with E-state index in [9.17, 15) is 9.59 Å². The molecule has 0 unspecified atom stereocenters. The quantitative estimate of drug-likeness (QED) is 0.672. The number of nitrogens with zero attached hydrogens (tertiary/aromatic N) is 2. The van der Waals surface area contributed by atoms with Gasteiger partial charge in [0.25, 0.3) is 5.91 Å². The smallest absolute Gasteiger partial charge is 0.261 e. The van der Waals surface area contributed by atoms with E-state index in [0.29, 0.717) is 23.0 Å². The third kappa shape index (κ3) is 3.83. The SMILES string of the molecule is CC(=O)NCCNC(=O)c1cc2c(C)nn(-c3ccc(Cl)cc3)c2s1. The maximum atomic E-state index is 12.3. The summed E-state index contributed by atoms with van der Waals surface area (Å²) < 4.78 is 1.82. The maximum absolute atomic E-state index is 12.3. The molecule has 0 radical (unpaired) electrons. The van der Waals surface area contributed by atoms with Gasteiger partial charge in [-0.2, -0.15) is 5.10 Å². The Morgan fingerprint density at radius 1 is 1.20 bits per heavy atom. The second kappa shape index (κ2) is 7.25. The minimum absolute atomic E-state index is 0.116. The van der Waals surface area contributed by atoms with Crippen LogP contribution in [0.15, 0.2) is 30.3 Å². The molecule has 0 saturated heterocycles. The van der Waals surface area contributed by atoms with Crippen LogP contribution in [0.1, 0.15) is 22.3 Å². The number of benzene rings is 1. The van der Waals surface area contributed by atoms with Gasteiger partial charge in [0.1, 0.15) is 4.83 Å². The highest BCUT2D eigenvalue weighted by Crippen LogP contribution is 2.30. The van der Waals surface area contributed by atoms with Crippen LogP contribution in [-0.2, 0) is 4.79 Å². The lowest BCUT2D eigenvalue weighted by Crippen LogP contribution is -2.33. The Bertz CT molecular complexity index is 930. The van der Waals surface area contributed by atoms with Crippen LogP contribution in [0.25, 0.3) is 15.9 Å². The minimum atomic E-state index is -0.159. The second-order valence-electron chi connectivity index (χ2n) is 5.54. The van der Waals surface area contributed by atoms with Crippen LogP contribution >= 0.6 is 22.9 Å². The van der Waals surface area contributed by atoms with Gasteiger partial charge >= 0.3 is 0 Å². The van der Waals surface area contributed by atoms with E-state index in [0.717, 1.165) is 21.6 Å². The number of carbonyl (C=O) groups is 2. The van der Waals surface area contributed by atoms with Gasteiger partial charge in [0, 0.05) is 30.4 Å². The molecule has 0 aliphatic heterocycles. The average molecular weight is 377 g/mol. The van der Waals surface area contributed by atoms with Gasteiger partial charge in [0.05, 0.1) is 16.3 Å². The highest BCUT2D eigenvalue weighted by molar-refractivity contribution is 7.20. The van der Waals surface area contributed by atoms with Gasteiger partial charge in [0.2, 0.25) is 5.91 Å². The Balaban J connectivity index is 1.82. The van der Waals surface area contributed by atoms with Crippen molar-refractivity contribution >= 4 is 45.0 Å². The summed E-state index contributed by atoms with van der Waals surface area (Å²) in [6.45, 7) is 4.15. The van der Waals surface area contributed by atoms with Crippen LogP contribution in [0, 0.1) is 6.92 Å². The van der Waals surface area contributed by atoms with Crippen LogP contribution < -0.4 is 10.6 Å². The Labute approximate surface area is 153 Å². The Morgan fingerprint density at radius 3 is 2.56 bits per heavy atom. The normalized spacial score (nSPS) is 10.8. The van der Waals surface area contributed by atoms with Crippen molar-refractivity contribution in [1.82, 2.24) is 20.4 Å². The third-order valence-corrected chi connectivity index (χ3v) is 4.99. The number of thiophene rings is 1. The molecule has 0 aliphatic carbocycles. The Hall–Kier alpha value is -2.38. The molecule has 3 rings (SSSR count). The van der Waals surface area contributed by atoms with E-state index < -0.39 is 0 Å². The predicted molar refractivity (Wildman–Crippen MR) is 99.7 cm³/mol. The van der Waals surface area contributed by atoms with Gasteiger partial charge < -0.3 is 10.6 Å². The van der Waals surface area contributed by atoms with Gasteiger partial charge in [-0.3, -0.25) is 9.59 Å². The summed E-state index contributed by atoms with van der Waals surface area (Å²) in [7, 11) is 0. The number of aryl methyl sites for hydroxylation is 1. The monoisotopic (exact) mass is 376 g/mol. The molecule has 8 heteroatoms. The molecular formula is C17H17ClN4O2S. The Kier molecular flexibility index (Phi) is 5.06. The molecule has 2 N–H and O–H groups in total. The fourth-order valence-corrected chi connectivity index (χ4v) is 3.64. The number of amides is 2. The van der Waals surface area contributed by atoms with Crippen LogP contribution in [0.3, 0.4) is 0 Å². The van der Waals surface area contributed by atoms with Gasteiger partial charge in [0.15, 0.2) is 0 Å². The second-order valence-corrected chi connectivity index (χ2v) is 7.01. The number of hydrogen-bond donors (Lipinski definition) is 2. The van der Waals surface area contributed by atoms with Crippen LogP contribution in [0.2, 0.25) is 5.02 Å². The molecule has 0 aliphatic rings. The molecule has 1 aromatic carbocycles. The number of halogens is 1. The van der Waals surface area contributed by atoms with Gasteiger partial charge in [-0.25, -0.2) is 4.68 Å². The molecule has 25 heavy (non-hydrogen) atoms. The maximum Gasteiger partial charge on any atom is 0.261 e. The lowest BCUT2D eigenvalue weighted by molar-refractivity contribution is -0.118. The van der Waals surface area contributed by atoms with Crippen molar-refractivity contribution in [3.63, 3.8) is 0 Å². The molecule has 0 bridgehead atoms. The summed E-state index contributed by atoms with van der Waals surface area (Å²) in [5.74, 6) is -0.275. The van der Waals surface area contributed by atoms with E-state index in [4.69, 9.17) is 11.6 Å². The molecule has 3 aromatic rings. The molecule has 6 nitrogen and oxygen atoms in total. The number of hydrogen-bond acceptors (Lipinski definition) is 4. The Morgan fingerprint density at radius 2 is 1.88 bits per heavy atom. The van der Waals surface area contributed by atoms with Crippen molar-refractivity contribution < 1.29 is 9.59 Å². The standard InChI is InChI=1S/C17H17ClN4O2S/c1-10-14-9-15(16(24)20-8-7-19-11(2)23)25-17(14)22(21-10)13-5-3-12(18)4-6-13/h3-6,9H,7-8H2,1-2H3,(H,19,23)(H,20,24). The van der Waals surface area contributed by atoms with E-state index in [2.05, 4.69) is 15.7 Å². The lowest BCUT2D eigenvalue weighted by atomic mass is 10.3. The molecule has 2 heterocycles. The number of aromatic nitrogens is 2. The summed E-state index contributed by atoms with van der Waals surface area (Å²) in [5.41, 5.74) is 1.75. The first-order valence-corrected chi connectivity index (χ1v) is 8.93. The lowest BCUT2D eigenvalue weighted by Gasteiger charge is -2.04. The summed E-state index contributed by atoms with van der Waals surface area (Å²) >= 11 is 7.33. The molecule has 0 saturated carbocycles. The average Bonchev–Trinajstić information content (AvgIpc) is 3.13. The van der Waals surface area contributed by atoms with Crippen molar-refractivity contribution in [2.24, 2.45) is 0 Å². The molecule has 0 atom stereocenters. The number of carbonyl (C=O) groups excluding carboxylic acids is 2. The summed E-state index contributed by atoms with van der Waals surface area (Å²) in [4.78, 5) is 24.7. The van der Waals surface area contributed by atoms with Crippen molar-refractivity contribution in [1.29, 1.82) is 0 Å². The van der Waals surface area contributed by atoms with Gasteiger partial charge in [-0.05, 0) is 37.3 Å². The first-order valence-electron chi connectivity index (χ1n) is 7.73. The first kappa shape index (κ1) is 17.4. The van der Waals surface area contributed by atoms with E-state index in [1.54, 1.807) is 0 Å². The van der Waals surface area contributed by atoms with Crippen molar-refractivity contribution in [2.75, 3.05) is 13.1 Å². The number of fused-ring (bicyclic) bond motifs is 1. The number of nitrogens with one attached hydrogen (secondary N) is 2. The summed E-state index contributed by atoms with van der Waals surface area (Å²) in [6, 6.07) is 9.25. The van der Waals surface area contributed by atoms with Gasteiger partial charge in [-0.15, -0.1) is 11.3 Å². The first-order chi connectivity index (χ1) is 12.0. The van der Waals surface area contributed by atoms with Crippen molar-refractivity contribution in [3.8, 4) is 5.69 Å². The minimum Gasteiger partial charge on any atom is -0.355 e.